The Kier molecular flexibility index (Phi) is 5.24. The van der Waals surface area contributed by atoms with Gasteiger partial charge in [0.25, 0.3) is 0 Å². The van der Waals surface area contributed by atoms with Crippen LogP contribution in [0.15, 0.2) is 48.5 Å². The summed E-state index contributed by atoms with van der Waals surface area (Å²) in [6.07, 6.45) is 2.28. The third-order valence-electron chi connectivity index (χ3n) is 6.20. The Morgan fingerprint density at radius 1 is 1.13 bits per heavy atom. The van der Waals surface area contributed by atoms with E-state index in [1.807, 2.05) is 30.3 Å². The van der Waals surface area contributed by atoms with Gasteiger partial charge < -0.3 is 5.32 Å². The van der Waals surface area contributed by atoms with E-state index in [1.54, 1.807) is 10.7 Å². The van der Waals surface area contributed by atoms with Gasteiger partial charge in [0.05, 0.1) is 0 Å². The predicted octanol–water partition coefficient (Wildman–Crippen LogP) is 3.44. The number of carbonyl (C=O) groups excluding carboxylic acids is 1. The Morgan fingerprint density at radius 2 is 1.90 bits per heavy atom. The number of nitrogens with one attached hydrogen (secondary N) is 1. The molecule has 8 heteroatoms. The largest absolute Gasteiger partial charge is 0.349 e. The first-order valence-corrected chi connectivity index (χ1v) is 10.8. The molecular weight excluding hydrogens is 417 g/mol. The first kappa shape index (κ1) is 20.2. The Morgan fingerprint density at radius 3 is 2.65 bits per heavy atom. The summed E-state index contributed by atoms with van der Waals surface area (Å²) < 4.78 is 15.1. The molecule has 1 amide bonds. The molecule has 3 aromatic rings. The summed E-state index contributed by atoms with van der Waals surface area (Å²) >= 11 is 6.20. The zero-order valence-electron chi connectivity index (χ0n) is 17.0. The molecule has 0 atom stereocenters. The number of rotatable bonds is 3. The second-order valence-electron chi connectivity index (χ2n) is 8.39. The second-order valence-corrected chi connectivity index (χ2v) is 8.80. The summed E-state index contributed by atoms with van der Waals surface area (Å²) in [4.78, 5) is 19.7. The van der Waals surface area contributed by atoms with Gasteiger partial charge in [-0.3, -0.25) is 9.69 Å². The van der Waals surface area contributed by atoms with Crippen molar-refractivity contribution in [3.63, 3.8) is 0 Å². The predicted molar refractivity (Wildman–Crippen MR) is 116 cm³/mol. The van der Waals surface area contributed by atoms with Gasteiger partial charge in [0.1, 0.15) is 18.2 Å². The van der Waals surface area contributed by atoms with Crippen molar-refractivity contribution < 1.29 is 9.18 Å². The lowest BCUT2D eigenvalue weighted by atomic mass is 9.84. The quantitative estimate of drug-likeness (QED) is 0.679. The van der Waals surface area contributed by atoms with Crippen molar-refractivity contribution in [2.24, 2.45) is 0 Å². The van der Waals surface area contributed by atoms with Gasteiger partial charge in [-0.2, -0.15) is 5.10 Å². The van der Waals surface area contributed by atoms with E-state index in [4.69, 9.17) is 16.6 Å². The van der Waals surface area contributed by atoms with E-state index in [9.17, 15) is 9.18 Å². The maximum atomic E-state index is 13.3. The lowest BCUT2D eigenvalue weighted by molar-refractivity contribution is -0.123. The summed E-state index contributed by atoms with van der Waals surface area (Å²) in [7, 11) is 0. The van der Waals surface area contributed by atoms with Crippen LogP contribution in [0, 0.1) is 5.82 Å². The minimum atomic E-state index is -0.327. The molecule has 1 fully saturated rings. The number of halogens is 2. The highest BCUT2D eigenvalue weighted by Crippen LogP contribution is 2.30. The summed E-state index contributed by atoms with van der Waals surface area (Å²) in [5, 5.41) is 8.28. The van der Waals surface area contributed by atoms with E-state index in [2.05, 4.69) is 15.3 Å². The van der Waals surface area contributed by atoms with Crippen molar-refractivity contribution in [2.75, 3.05) is 13.1 Å². The van der Waals surface area contributed by atoms with E-state index in [0.29, 0.717) is 23.8 Å². The van der Waals surface area contributed by atoms with Crippen molar-refractivity contribution in [1.82, 2.24) is 25.0 Å². The van der Waals surface area contributed by atoms with Gasteiger partial charge in [0.2, 0.25) is 5.91 Å². The number of piperidine rings is 1. The zero-order valence-corrected chi connectivity index (χ0v) is 17.8. The Bertz CT molecular complexity index is 1110. The van der Waals surface area contributed by atoms with Crippen molar-refractivity contribution in [3.05, 3.63) is 70.8 Å². The molecule has 1 spiro atoms. The van der Waals surface area contributed by atoms with Crippen LogP contribution in [-0.2, 0) is 24.3 Å². The standard InChI is InChI=1S/C23H23ClFN5O/c24-19-12-18(25)7-6-17(19)14-29-10-8-23(9-11-29)13-20-26-22(16-4-2-1-3-5-16)28-30(20)15-21(31)27-23/h1-7,12H,8-11,13-15H2,(H,27,31). The van der Waals surface area contributed by atoms with Gasteiger partial charge in [-0.25, -0.2) is 14.1 Å². The number of benzene rings is 2. The Balaban J connectivity index is 1.32. The summed E-state index contributed by atoms with van der Waals surface area (Å²) in [5.74, 6) is 1.14. The van der Waals surface area contributed by atoms with E-state index < -0.39 is 0 Å². The number of fused-ring (bicyclic) bond motifs is 1. The molecule has 1 N–H and O–H groups in total. The molecule has 160 valence electrons. The third kappa shape index (κ3) is 4.20. The fraction of sp³-hybridized carbons (Fsp3) is 0.348. The number of hydrogen-bond donors (Lipinski definition) is 1. The molecular formula is C23H23ClFN5O. The van der Waals surface area contributed by atoms with Crippen molar-refractivity contribution in [2.45, 2.75) is 37.9 Å². The molecule has 0 unspecified atom stereocenters. The van der Waals surface area contributed by atoms with E-state index in [0.717, 1.165) is 42.9 Å². The minimum Gasteiger partial charge on any atom is -0.349 e. The maximum absolute atomic E-state index is 13.3. The zero-order chi connectivity index (χ0) is 21.4. The summed E-state index contributed by atoms with van der Waals surface area (Å²) in [6.45, 7) is 2.48. The highest BCUT2D eigenvalue weighted by Gasteiger charge is 2.40. The first-order valence-electron chi connectivity index (χ1n) is 10.5. The fourth-order valence-electron chi connectivity index (χ4n) is 4.49. The van der Waals surface area contributed by atoms with Crippen molar-refractivity contribution in [3.8, 4) is 11.4 Å². The first-order chi connectivity index (χ1) is 15.0. The van der Waals surface area contributed by atoms with Gasteiger partial charge in [-0.15, -0.1) is 0 Å². The van der Waals surface area contributed by atoms with Crippen molar-refractivity contribution >= 4 is 17.5 Å². The molecule has 6 nitrogen and oxygen atoms in total. The van der Waals surface area contributed by atoms with Gasteiger partial charge in [0.15, 0.2) is 5.82 Å². The van der Waals surface area contributed by atoms with Crippen LogP contribution in [-0.4, -0.2) is 44.2 Å². The van der Waals surface area contributed by atoms with Crippen molar-refractivity contribution in [1.29, 1.82) is 0 Å². The van der Waals surface area contributed by atoms with Crippen LogP contribution in [0.4, 0.5) is 4.39 Å². The summed E-state index contributed by atoms with van der Waals surface area (Å²) in [6, 6.07) is 14.4. The van der Waals surface area contributed by atoms with E-state index >= 15 is 0 Å². The van der Waals surface area contributed by atoms with Crippen LogP contribution < -0.4 is 5.32 Å². The van der Waals surface area contributed by atoms with Gasteiger partial charge in [0, 0.05) is 42.2 Å². The number of amides is 1. The number of likely N-dealkylation sites (tertiary alicyclic amines) is 1. The van der Waals surface area contributed by atoms with Crippen LogP contribution in [0.1, 0.15) is 24.2 Å². The molecule has 5 rings (SSSR count). The Hall–Kier alpha value is -2.77. The molecule has 0 aliphatic carbocycles. The number of aromatic nitrogens is 3. The molecule has 31 heavy (non-hydrogen) atoms. The average molecular weight is 440 g/mol. The molecule has 0 radical (unpaired) electrons. The van der Waals surface area contributed by atoms with Crippen LogP contribution in [0.5, 0.6) is 0 Å². The molecule has 0 bridgehead atoms. The third-order valence-corrected chi connectivity index (χ3v) is 6.55. The number of nitrogens with zero attached hydrogens (tertiary/aromatic N) is 4. The highest BCUT2D eigenvalue weighted by molar-refractivity contribution is 6.31. The SMILES string of the molecule is O=C1Cn2nc(-c3ccccc3)nc2CC2(CCN(Cc3ccc(F)cc3Cl)CC2)N1. The van der Waals surface area contributed by atoms with E-state index in [-0.39, 0.29) is 23.8 Å². The molecule has 0 saturated carbocycles. The molecule has 2 aliphatic rings. The molecule has 1 aromatic heterocycles. The maximum Gasteiger partial charge on any atom is 0.242 e. The van der Waals surface area contributed by atoms with Crippen LogP contribution in [0.25, 0.3) is 11.4 Å². The minimum absolute atomic E-state index is 0.0294. The number of hydrogen-bond acceptors (Lipinski definition) is 4. The molecule has 2 aromatic carbocycles. The lowest BCUT2D eigenvalue weighted by Gasteiger charge is -2.41. The van der Waals surface area contributed by atoms with Gasteiger partial charge in [-0.1, -0.05) is 48.0 Å². The van der Waals surface area contributed by atoms with Gasteiger partial charge >= 0.3 is 0 Å². The smallest absolute Gasteiger partial charge is 0.242 e. The van der Waals surface area contributed by atoms with E-state index in [1.165, 1.54) is 12.1 Å². The molecule has 3 heterocycles. The van der Waals surface area contributed by atoms with Crippen LogP contribution >= 0.6 is 11.6 Å². The summed E-state index contributed by atoms with van der Waals surface area (Å²) in [5.41, 5.74) is 1.54. The monoisotopic (exact) mass is 439 g/mol. The number of carbonyl (C=O) groups is 1. The van der Waals surface area contributed by atoms with Gasteiger partial charge in [-0.05, 0) is 30.5 Å². The topological polar surface area (TPSA) is 63.1 Å². The molecule has 1 saturated heterocycles. The van der Waals surface area contributed by atoms with Crippen LogP contribution in [0.2, 0.25) is 5.02 Å². The normalized spacial score (nSPS) is 18.5. The fourth-order valence-corrected chi connectivity index (χ4v) is 4.72. The lowest BCUT2D eigenvalue weighted by Crippen LogP contribution is -2.56. The average Bonchev–Trinajstić information content (AvgIpc) is 3.08. The molecule has 2 aliphatic heterocycles. The Labute approximate surface area is 185 Å². The highest BCUT2D eigenvalue weighted by atomic mass is 35.5. The second kappa shape index (κ2) is 8.05. The van der Waals surface area contributed by atoms with Crippen LogP contribution in [0.3, 0.4) is 0 Å².